The minimum atomic E-state index is -1.15. The highest BCUT2D eigenvalue weighted by Gasteiger charge is 2.21. The van der Waals surface area contributed by atoms with Crippen molar-refractivity contribution in [2.24, 2.45) is 0 Å². The molecule has 0 aromatic heterocycles. The molecule has 1 aromatic rings. The number of urea groups is 1. The predicted molar refractivity (Wildman–Crippen MR) is 78.4 cm³/mol. The van der Waals surface area contributed by atoms with Crippen LogP contribution < -0.4 is 10.1 Å². The summed E-state index contributed by atoms with van der Waals surface area (Å²) in [5.74, 6) is 0.145. The number of hydrogen-bond acceptors (Lipinski definition) is 4. The molecule has 1 aliphatic rings. The number of nitrogens with one attached hydrogen (secondary N) is 1. The van der Waals surface area contributed by atoms with Crippen molar-refractivity contribution in [2.75, 3.05) is 37.0 Å². The second kappa shape index (κ2) is 6.57. The van der Waals surface area contributed by atoms with E-state index in [4.69, 9.17) is 4.74 Å². The molecule has 114 valence electrons. The first-order valence-electron chi connectivity index (χ1n) is 6.33. The van der Waals surface area contributed by atoms with E-state index in [-0.39, 0.29) is 17.3 Å². The minimum Gasteiger partial charge on any atom is -0.497 e. The summed E-state index contributed by atoms with van der Waals surface area (Å²) >= 11 is 0. The molecule has 0 radical (unpaired) electrons. The molecule has 1 fully saturated rings. The highest BCUT2D eigenvalue weighted by molar-refractivity contribution is 7.85. The summed E-state index contributed by atoms with van der Waals surface area (Å²) < 4.78 is 16.2. The van der Waals surface area contributed by atoms with Crippen LogP contribution in [0.15, 0.2) is 18.2 Å². The lowest BCUT2D eigenvalue weighted by atomic mass is 10.1. The molecule has 2 N–H and O–H groups in total. The lowest BCUT2D eigenvalue weighted by molar-refractivity contribution is 0.0697. The Labute approximate surface area is 124 Å². The lowest BCUT2D eigenvalue weighted by Crippen LogP contribution is -2.44. The van der Waals surface area contributed by atoms with Crippen LogP contribution in [0.5, 0.6) is 5.75 Å². The summed E-state index contributed by atoms with van der Waals surface area (Å²) in [6.45, 7) is 0.800. The molecule has 1 aliphatic heterocycles. The number of hydrogen-bond donors (Lipinski definition) is 2. The molecule has 7 nitrogen and oxygen atoms in total. The van der Waals surface area contributed by atoms with E-state index in [9.17, 15) is 18.9 Å². The van der Waals surface area contributed by atoms with Gasteiger partial charge in [0.1, 0.15) is 5.75 Å². The van der Waals surface area contributed by atoms with Crippen LogP contribution in [0.4, 0.5) is 10.5 Å². The molecule has 0 spiro atoms. The van der Waals surface area contributed by atoms with Crippen molar-refractivity contribution >= 4 is 28.5 Å². The van der Waals surface area contributed by atoms with Crippen LogP contribution in [0, 0.1) is 0 Å². The maximum atomic E-state index is 12.1. The molecule has 0 saturated carbocycles. The Bertz CT molecular complexity index is 580. The number of carbonyl (C=O) groups excluding carboxylic acids is 1. The molecule has 1 aromatic carbocycles. The Morgan fingerprint density at radius 2 is 2.00 bits per heavy atom. The number of methoxy groups -OCH3 is 1. The Morgan fingerprint density at radius 1 is 1.33 bits per heavy atom. The number of rotatable bonds is 3. The van der Waals surface area contributed by atoms with Crippen molar-refractivity contribution in [1.82, 2.24) is 4.90 Å². The van der Waals surface area contributed by atoms with Crippen molar-refractivity contribution in [3.8, 4) is 5.75 Å². The second-order valence-electron chi connectivity index (χ2n) is 4.48. The SMILES string of the molecule is COc1ccc(NC(=O)N2CCS(=O)CC2)c(C(=O)O)c1. The van der Waals surface area contributed by atoms with Crippen LogP contribution in [-0.4, -0.2) is 57.9 Å². The average molecular weight is 312 g/mol. The van der Waals surface area contributed by atoms with Gasteiger partial charge in [0.2, 0.25) is 0 Å². The summed E-state index contributed by atoms with van der Waals surface area (Å²) in [5.41, 5.74) is 0.170. The number of ether oxygens (including phenoxy) is 1. The van der Waals surface area contributed by atoms with E-state index in [1.54, 1.807) is 6.07 Å². The van der Waals surface area contributed by atoms with E-state index >= 15 is 0 Å². The van der Waals surface area contributed by atoms with Crippen molar-refractivity contribution in [1.29, 1.82) is 0 Å². The standard InChI is InChI=1S/C13H16N2O5S/c1-20-9-2-3-11(10(8-9)12(16)17)14-13(18)15-4-6-21(19)7-5-15/h2-3,8H,4-7H2,1H3,(H,14,18)(H,16,17). The summed E-state index contributed by atoms with van der Waals surface area (Å²) in [5, 5.41) is 11.8. The zero-order chi connectivity index (χ0) is 15.4. The number of carboxylic acid groups (broad SMARTS) is 1. The fraction of sp³-hybridized carbons (Fsp3) is 0.385. The molecule has 0 atom stereocenters. The summed E-state index contributed by atoms with van der Waals surface area (Å²) in [6.07, 6.45) is 0. The first-order chi connectivity index (χ1) is 10.0. The quantitative estimate of drug-likeness (QED) is 0.867. The van der Waals surface area contributed by atoms with Crippen LogP contribution in [-0.2, 0) is 10.8 Å². The third-order valence-electron chi connectivity index (χ3n) is 3.16. The molecule has 8 heteroatoms. The normalized spacial score (nSPS) is 15.6. The van der Waals surface area contributed by atoms with Crippen molar-refractivity contribution < 1.29 is 23.6 Å². The molecule has 21 heavy (non-hydrogen) atoms. The number of benzene rings is 1. The maximum absolute atomic E-state index is 12.1. The highest BCUT2D eigenvalue weighted by Crippen LogP contribution is 2.22. The number of amides is 2. The van der Waals surface area contributed by atoms with Gasteiger partial charge in [0.15, 0.2) is 0 Å². The van der Waals surface area contributed by atoms with Crippen LogP contribution >= 0.6 is 0 Å². The second-order valence-corrected chi connectivity index (χ2v) is 6.18. The Balaban J connectivity index is 2.13. The number of aromatic carboxylic acids is 1. The van der Waals surface area contributed by atoms with E-state index in [0.29, 0.717) is 30.3 Å². The molecular formula is C13H16N2O5S. The van der Waals surface area contributed by atoms with Gasteiger partial charge in [-0.05, 0) is 18.2 Å². The van der Waals surface area contributed by atoms with Gasteiger partial charge in [0.25, 0.3) is 0 Å². The van der Waals surface area contributed by atoms with E-state index in [1.165, 1.54) is 24.1 Å². The van der Waals surface area contributed by atoms with Gasteiger partial charge < -0.3 is 20.1 Å². The number of carbonyl (C=O) groups is 2. The zero-order valence-corrected chi connectivity index (χ0v) is 12.3. The number of nitrogens with zero attached hydrogens (tertiary/aromatic N) is 1. The summed E-state index contributed by atoms with van der Waals surface area (Å²) in [7, 11) is 0.565. The fourth-order valence-electron chi connectivity index (χ4n) is 1.97. The van der Waals surface area contributed by atoms with Crippen LogP contribution in [0.1, 0.15) is 10.4 Å². The van der Waals surface area contributed by atoms with Crippen molar-refractivity contribution in [2.45, 2.75) is 0 Å². The zero-order valence-electron chi connectivity index (χ0n) is 11.5. The molecular weight excluding hydrogens is 296 g/mol. The van der Waals surface area contributed by atoms with Crippen molar-refractivity contribution in [3.63, 3.8) is 0 Å². The van der Waals surface area contributed by atoms with E-state index in [0.717, 1.165) is 0 Å². The third-order valence-corrected chi connectivity index (χ3v) is 4.44. The lowest BCUT2D eigenvalue weighted by Gasteiger charge is -2.26. The third kappa shape index (κ3) is 3.72. The van der Waals surface area contributed by atoms with Gasteiger partial charge in [0, 0.05) is 35.4 Å². The predicted octanol–water partition coefficient (Wildman–Crippen LogP) is 0.990. The van der Waals surface area contributed by atoms with Crippen molar-refractivity contribution in [3.05, 3.63) is 23.8 Å². The number of anilines is 1. The van der Waals surface area contributed by atoms with Crippen LogP contribution in [0.3, 0.4) is 0 Å². The van der Waals surface area contributed by atoms with Gasteiger partial charge in [-0.15, -0.1) is 0 Å². The highest BCUT2D eigenvalue weighted by atomic mass is 32.2. The van der Waals surface area contributed by atoms with Gasteiger partial charge in [-0.1, -0.05) is 0 Å². The van der Waals surface area contributed by atoms with E-state index in [1.807, 2.05) is 0 Å². The van der Waals surface area contributed by atoms with E-state index in [2.05, 4.69) is 5.32 Å². The van der Waals surface area contributed by atoms with Gasteiger partial charge in [-0.25, -0.2) is 9.59 Å². The fourth-order valence-corrected chi connectivity index (χ4v) is 3.02. The Kier molecular flexibility index (Phi) is 4.79. The molecule has 2 amide bonds. The number of carboxylic acids is 1. The average Bonchev–Trinajstić information content (AvgIpc) is 2.48. The van der Waals surface area contributed by atoms with Crippen LogP contribution in [0.2, 0.25) is 0 Å². The van der Waals surface area contributed by atoms with Gasteiger partial charge in [-0.2, -0.15) is 0 Å². The first kappa shape index (κ1) is 15.3. The molecule has 2 rings (SSSR count). The van der Waals surface area contributed by atoms with Gasteiger partial charge in [0.05, 0.1) is 18.4 Å². The smallest absolute Gasteiger partial charge is 0.337 e. The first-order valence-corrected chi connectivity index (χ1v) is 7.82. The largest absolute Gasteiger partial charge is 0.497 e. The maximum Gasteiger partial charge on any atom is 0.337 e. The Hall–Kier alpha value is -2.09. The van der Waals surface area contributed by atoms with Gasteiger partial charge >= 0.3 is 12.0 Å². The monoisotopic (exact) mass is 312 g/mol. The molecule has 1 saturated heterocycles. The van der Waals surface area contributed by atoms with Gasteiger partial charge in [-0.3, -0.25) is 4.21 Å². The molecule has 0 aliphatic carbocycles. The summed E-state index contributed by atoms with van der Waals surface area (Å²) in [6, 6.07) is 4.03. The summed E-state index contributed by atoms with van der Waals surface area (Å²) in [4.78, 5) is 24.9. The minimum absolute atomic E-state index is 0.0386. The molecule has 0 bridgehead atoms. The van der Waals surface area contributed by atoms with E-state index < -0.39 is 16.8 Å². The Morgan fingerprint density at radius 3 is 2.57 bits per heavy atom. The molecule has 1 heterocycles. The molecule has 0 unspecified atom stereocenters. The topological polar surface area (TPSA) is 95.9 Å². The van der Waals surface area contributed by atoms with Crippen LogP contribution in [0.25, 0.3) is 0 Å².